The van der Waals surface area contributed by atoms with E-state index in [0.717, 1.165) is 5.56 Å². The van der Waals surface area contributed by atoms with E-state index in [1.807, 2.05) is 58.0 Å². The molecule has 3 N–H and O–H groups in total. The number of amides is 2. The molecule has 0 spiro atoms. The summed E-state index contributed by atoms with van der Waals surface area (Å²) in [6.07, 6.45) is 0.213. The minimum absolute atomic E-state index is 0.0292. The van der Waals surface area contributed by atoms with Gasteiger partial charge in [0.05, 0.1) is 31.2 Å². The summed E-state index contributed by atoms with van der Waals surface area (Å²) < 4.78 is 20.0. The molecule has 0 saturated heterocycles. The van der Waals surface area contributed by atoms with Gasteiger partial charge in [-0.2, -0.15) is 0 Å². The lowest BCUT2D eigenvalue weighted by Crippen LogP contribution is -2.51. The molecule has 0 aromatic heterocycles. The summed E-state index contributed by atoms with van der Waals surface area (Å²) in [4.78, 5) is 31.7. The third-order valence-corrected chi connectivity index (χ3v) is 6.26. The quantitative estimate of drug-likeness (QED) is 0.585. The number of benzene rings is 2. The topological polar surface area (TPSA) is 97.0 Å². The van der Waals surface area contributed by atoms with Crippen molar-refractivity contribution >= 4 is 17.8 Å². The van der Waals surface area contributed by atoms with E-state index >= 15 is 0 Å². The standard InChI is InChI=1S/C26H33FN4O3/c1-5-34-16-22(19-9-7-6-8-10-19)29-24(33)20-11-18(12-21(27)13-20)15-31-23(32)14-26(4,17(2)3)30-25(31)28/h6-13,17,22H,5,14-16H2,1-4H3,(H2,28,30)(H,29,33). The Morgan fingerprint density at radius 3 is 2.59 bits per heavy atom. The number of aliphatic imine (C=N–C) groups is 1. The van der Waals surface area contributed by atoms with Crippen LogP contribution in [0.3, 0.4) is 0 Å². The van der Waals surface area contributed by atoms with Crippen molar-refractivity contribution in [1.82, 2.24) is 10.2 Å². The Hall–Kier alpha value is -3.26. The van der Waals surface area contributed by atoms with Crippen LogP contribution in [0.15, 0.2) is 53.5 Å². The number of hydrogen-bond donors (Lipinski definition) is 2. The van der Waals surface area contributed by atoms with Crippen LogP contribution in [0.1, 0.15) is 61.6 Å². The maximum Gasteiger partial charge on any atom is 0.251 e. The first kappa shape index (κ1) is 25.4. The van der Waals surface area contributed by atoms with Crippen LogP contribution in [0.25, 0.3) is 0 Å². The van der Waals surface area contributed by atoms with E-state index < -0.39 is 17.3 Å². The van der Waals surface area contributed by atoms with Crippen LogP contribution < -0.4 is 11.1 Å². The van der Waals surface area contributed by atoms with Gasteiger partial charge in [-0.15, -0.1) is 0 Å². The predicted octanol–water partition coefficient (Wildman–Crippen LogP) is 3.80. The van der Waals surface area contributed by atoms with Crippen molar-refractivity contribution in [3.63, 3.8) is 0 Å². The lowest BCUT2D eigenvalue weighted by molar-refractivity contribution is -0.130. The minimum Gasteiger partial charge on any atom is -0.379 e. The fourth-order valence-electron chi connectivity index (χ4n) is 3.83. The highest BCUT2D eigenvalue weighted by Crippen LogP contribution is 2.30. The second-order valence-electron chi connectivity index (χ2n) is 9.08. The van der Waals surface area contributed by atoms with Crippen LogP contribution in [0.4, 0.5) is 4.39 Å². The van der Waals surface area contributed by atoms with Crippen molar-refractivity contribution in [1.29, 1.82) is 0 Å². The third-order valence-electron chi connectivity index (χ3n) is 6.26. The Labute approximate surface area is 200 Å². The van der Waals surface area contributed by atoms with Crippen LogP contribution in [0.2, 0.25) is 0 Å². The molecule has 7 nitrogen and oxygen atoms in total. The number of hydrogen-bond acceptors (Lipinski definition) is 5. The van der Waals surface area contributed by atoms with Crippen molar-refractivity contribution in [2.24, 2.45) is 16.6 Å². The van der Waals surface area contributed by atoms with Crippen LogP contribution in [-0.4, -0.2) is 41.4 Å². The van der Waals surface area contributed by atoms with E-state index in [2.05, 4.69) is 10.3 Å². The Bertz CT molecular complexity index is 1060. The molecule has 2 aromatic rings. The summed E-state index contributed by atoms with van der Waals surface area (Å²) in [6, 6.07) is 13.1. The van der Waals surface area contributed by atoms with E-state index in [-0.39, 0.29) is 42.4 Å². The largest absolute Gasteiger partial charge is 0.379 e. The number of nitrogens with zero attached hydrogens (tertiary/aromatic N) is 2. The molecule has 1 aliphatic heterocycles. The van der Waals surface area contributed by atoms with Gasteiger partial charge < -0.3 is 15.8 Å². The van der Waals surface area contributed by atoms with Gasteiger partial charge in [0.15, 0.2) is 5.96 Å². The molecule has 0 radical (unpaired) electrons. The highest BCUT2D eigenvalue weighted by molar-refractivity contribution is 5.99. The normalized spacial score (nSPS) is 19.2. The highest BCUT2D eigenvalue weighted by atomic mass is 19.1. The summed E-state index contributed by atoms with van der Waals surface area (Å²) in [5.74, 6) is -0.955. The molecule has 182 valence electrons. The number of guanidine groups is 1. The van der Waals surface area contributed by atoms with Crippen LogP contribution in [0, 0.1) is 11.7 Å². The number of carbonyl (C=O) groups is 2. The number of nitrogens with one attached hydrogen (secondary N) is 1. The zero-order valence-corrected chi connectivity index (χ0v) is 20.2. The Morgan fingerprint density at radius 2 is 1.97 bits per heavy atom. The molecular weight excluding hydrogens is 435 g/mol. The van der Waals surface area contributed by atoms with E-state index in [9.17, 15) is 14.0 Å². The second kappa shape index (κ2) is 10.8. The summed E-state index contributed by atoms with van der Waals surface area (Å²) in [6.45, 7) is 8.59. The van der Waals surface area contributed by atoms with Crippen molar-refractivity contribution in [2.45, 2.75) is 52.2 Å². The molecule has 1 heterocycles. The monoisotopic (exact) mass is 468 g/mol. The molecule has 2 atom stereocenters. The first-order chi connectivity index (χ1) is 16.1. The molecule has 8 heteroatoms. The zero-order chi connectivity index (χ0) is 24.9. The van der Waals surface area contributed by atoms with E-state index in [4.69, 9.17) is 10.5 Å². The molecule has 2 unspecified atom stereocenters. The molecule has 1 aliphatic rings. The van der Waals surface area contributed by atoms with Gasteiger partial charge in [0, 0.05) is 12.2 Å². The predicted molar refractivity (Wildman–Crippen MR) is 130 cm³/mol. The maximum atomic E-state index is 14.5. The number of nitrogens with two attached hydrogens (primary N) is 1. The first-order valence-corrected chi connectivity index (χ1v) is 11.5. The Kier molecular flexibility index (Phi) is 8.04. The van der Waals surface area contributed by atoms with Crippen molar-refractivity contribution < 1.29 is 18.7 Å². The fourth-order valence-corrected chi connectivity index (χ4v) is 3.83. The van der Waals surface area contributed by atoms with Gasteiger partial charge in [-0.25, -0.2) is 9.38 Å². The van der Waals surface area contributed by atoms with Gasteiger partial charge in [-0.3, -0.25) is 14.5 Å². The van der Waals surface area contributed by atoms with Gasteiger partial charge in [0.1, 0.15) is 5.82 Å². The van der Waals surface area contributed by atoms with E-state index in [1.165, 1.54) is 17.0 Å². The third kappa shape index (κ3) is 5.99. The van der Waals surface area contributed by atoms with Crippen LogP contribution in [-0.2, 0) is 16.1 Å². The number of rotatable bonds is 9. The molecule has 0 saturated carbocycles. The smallest absolute Gasteiger partial charge is 0.251 e. The molecule has 0 fully saturated rings. The molecular formula is C26H33FN4O3. The molecule has 34 heavy (non-hydrogen) atoms. The van der Waals surface area contributed by atoms with Gasteiger partial charge in [-0.05, 0) is 49.1 Å². The van der Waals surface area contributed by atoms with Crippen molar-refractivity contribution in [3.05, 3.63) is 71.0 Å². The number of halogens is 1. The first-order valence-electron chi connectivity index (χ1n) is 11.5. The summed E-state index contributed by atoms with van der Waals surface area (Å²) in [5.41, 5.74) is 7.03. The average molecular weight is 469 g/mol. The SMILES string of the molecule is CCOCC(NC(=O)c1cc(F)cc(CN2C(=O)CC(C)(C(C)C)N=C2N)c1)c1ccccc1. The molecule has 0 bridgehead atoms. The molecule has 2 amide bonds. The minimum atomic E-state index is -0.573. The second-order valence-corrected chi connectivity index (χ2v) is 9.08. The van der Waals surface area contributed by atoms with Gasteiger partial charge in [0.2, 0.25) is 5.91 Å². The van der Waals surface area contributed by atoms with Crippen molar-refractivity contribution in [2.75, 3.05) is 13.2 Å². The number of ether oxygens (including phenoxy) is 1. The highest BCUT2D eigenvalue weighted by Gasteiger charge is 2.38. The van der Waals surface area contributed by atoms with Gasteiger partial charge in [-0.1, -0.05) is 44.2 Å². The van der Waals surface area contributed by atoms with E-state index in [1.54, 1.807) is 6.07 Å². The summed E-state index contributed by atoms with van der Waals surface area (Å²) in [5, 5.41) is 2.92. The summed E-state index contributed by atoms with van der Waals surface area (Å²) in [7, 11) is 0. The lowest BCUT2D eigenvalue weighted by Gasteiger charge is -2.37. The number of carbonyl (C=O) groups excluding carboxylic acids is 2. The summed E-state index contributed by atoms with van der Waals surface area (Å²) >= 11 is 0. The Morgan fingerprint density at radius 1 is 1.26 bits per heavy atom. The van der Waals surface area contributed by atoms with Gasteiger partial charge in [0.25, 0.3) is 5.91 Å². The molecule has 3 rings (SSSR count). The van der Waals surface area contributed by atoms with E-state index in [0.29, 0.717) is 18.8 Å². The van der Waals surface area contributed by atoms with Crippen LogP contribution in [0.5, 0.6) is 0 Å². The lowest BCUT2D eigenvalue weighted by atomic mass is 9.84. The zero-order valence-electron chi connectivity index (χ0n) is 20.2. The molecule has 0 aliphatic carbocycles. The van der Waals surface area contributed by atoms with Gasteiger partial charge >= 0.3 is 0 Å². The van der Waals surface area contributed by atoms with Crippen LogP contribution >= 0.6 is 0 Å². The maximum absolute atomic E-state index is 14.5. The average Bonchev–Trinajstić information content (AvgIpc) is 2.79. The Balaban J connectivity index is 1.80. The van der Waals surface area contributed by atoms with Crippen molar-refractivity contribution in [3.8, 4) is 0 Å². The molecule has 2 aromatic carbocycles. The fraction of sp³-hybridized carbons (Fsp3) is 0.423.